The van der Waals surface area contributed by atoms with E-state index < -0.39 is 0 Å². The second-order valence-electron chi connectivity index (χ2n) is 4.97. The molecule has 1 fully saturated rings. The van der Waals surface area contributed by atoms with Gasteiger partial charge in [-0.1, -0.05) is 25.3 Å². The average Bonchev–Trinajstić information content (AvgIpc) is 2.73. The predicted octanol–water partition coefficient (Wildman–Crippen LogP) is 3.30. The molecule has 2 N–H and O–H groups in total. The fourth-order valence-electron chi connectivity index (χ4n) is 2.62. The van der Waals surface area contributed by atoms with Crippen molar-refractivity contribution >= 4 is 11.0 Å². The second kappa shape index (κ2) is 5.06. The molecule has 1 aromatic carbocycles. The number of H-pyrrole nitrogens is 1. The van der Waals surface area contributed by atoms with Gasteiger partial charge in [0, 0.05) is 0 Å². The van der Waals surface area contributed by atoms with Crippen molar-refractivity contribution in [1.82, 2.24) is 15.3 Å². The van der Waals surface area contributed by atoms with E-state index in [0.717, 1.165) is 24.3 Å². The van der Waals surface area contributed by atoms with Crippen LogP contribution in [0.2, 0.25) is 0 Å². The Bertz CT molecular complexity index is 527. The quantitative estimate of drug-likeness (QED) is 0.811. The lowest BCUT2D eigenvalue weighted by molar-refractivity contribution is 0.416. The molecule has 4 heteroatoms. The van der Waals surface area contributed by atoms with E-state index in [1.165, 1.54) is 31.7 Å². The van der Waals surface area contributed by atoms with Crippen LogP contribution in [0.5, 0.6) is 0 Å². The van der Waals surface area contributed by atoms with Crippen LogP contribution in [0.4, 0.5) is 4.39 Å². The summed E-state index contributed by atoms with van der Waals surface area (Å²) in [6, 6.07) is 5.28. The fourth-order valence-corrected chi connectivity index (χ4v) is 2.62. The van der Waals surface area contributed by atoms with E-state index in [1.807, 2.05) is 6.07 Å². The Hall–Kier alpha value is -1.42. The van der Waals surface area contributed by atoms with Crippen molar-refractivity contribution in [3.05, 3.63) is 29.8 Å². The number of aromatic nitrogens is 2. The maximum atomic E-state index is 13.6. The van der Waals surface area contributed by atoms with Crippen LogP contribution in [-0.4, -0.2) is 16.5 Å². The average molecular weight is 247 g/mol. The zero-order valence-electron chi connectivity index (χ0n) is 10.4. The molecule has 1 aliphatic heterocycles. The summed E-state index contributed by atoms with van der Waals surface area (Å²) in [5.74, 6) is 0.623. The van der Waals surface area contributed by atoms with Gasteiger partial charge in [0.25, 0.3) is 0 Å². The minimum Gasteiger partial charge on any atom is -0.341 e. The van der Waals surface area contributed by atoms with E-state index in [0.29, 0.717) is 5.52 Å². The Balaban J connectivity index is 1.90. The molecule has 1 saturated heterocycles. The topological polar surface area (TPSA) is 40.7 Å². The summed E-state index contributed by atoms with van der Waals surface area (Å²) in [4.78, 5) is 7.66. The molecule has 0 spiro atoms. The predicted molar refractivity (Wildman–Crippen MR) is 69.9 cm³/mol. The number of aromatic amines is 1. The molecular formula is C14H18FN3. The molecule has 3 nitrogen and oxygen atoms in total. The number of rotatable bonds is 1. The van der Waals surface area contributed by atoms with Crippen molar-refractivity contribution in [2.75, 3.05) is 6.54 Å². The van der Waals surface area contributed by atoms with Crippen LogP contribution in [0.3, 0.4) is 0 Å². The Morgan fingerprint density at radius 1 is 1.17 bits per heavy atom. The molecule has 2 aromatic rings. The first-order chi connectivity index (χ1) is 8.84. The van der Waals surface area contributed by atoms with E-state index in [-0.39, 0.29) is 11.9 Å². The zero-order chi connectivity index (χ0) is 12.4. The molecule has 0 bridgehead atoms. The van der Waals surface area contributed by atoms with Crippen molar-refractivity contribution in [3.63, 3.8) is 0 Å². The number of para-hydroxylation sites is 1. The molecule has 0 saturated carbocycles. The van der Waals surface area contributed by atoms with Gasteiger partial charge in [-0.2, -0.15) is 0 Å². The van der Waals surface area contributed by atoms with Crippen LogP contribution in [0.25, 0.3) is 11.0 Å². The molecule has 1 aliphatic rings. The molecule has 18 heavy (non-hydrogen) atoms. The number of imidazole rings is 1. The van der Waals surface area contributed by atoms with E-state index in [2.05, 4.69) is 15.3 Å². The van der Waals surface area contributed by atoms with Crippen LogP contribution in [0, 0.1) is 5.82 Å². The number of halogens is 1. The highest BCUT2D eigenvalue weighted by Crippen LogP contribution is 2.23. The molecule has 0 amide bonds. The van der Waals surface area contributed by atoms with Gasteiger partial charge >= 0.3 is 0 Å². The second-order valence-corrected chi connectivity index (χ2v) is 4.97. The fraction of sp³-hybridized carbons (Fsp3) is 0.500. The lowest BCUT2D eigenvalue weighted by atomic mass is 10.0. The minimum atomic E-state index is -0.249. The Labute approximate surface area is 106 Å². The van der Waals surface area contributed by atoms with Crippen molar-refractivity contribution in [3.8, 4) is 0 Å². The molecule has 1 unspecified atom stereocenters. The molecule has 3 rings (SSSR count). The Morgan fingerprint density at radius 3 is 2.94 bits per heavy atom. The third-order valence-corrected chi connectivity index (χ3v) is 3.62. The molecule has 2 heterocycles. The van der Waals surface area contributed by atoms with Crippen molar-refractivity contribution in [2.45, 2.75) is 38.1 Å². The van der Waals surface area contributed by atoms with Gasteiger partial charge in [0.15, 0.2) is 5.82 Å². The van der Waals surface area contributed by atoms with Crippen molar-refractivity contribution in [2.24, 2.45) is 0 Å². The number of benzene rings is 1. The third kappa shape index (κ3) is 2.25. The van der Waals surface area contributed by atoms with E-state index >= 15 is 0 Å². The Morgan fingerprint density at radius 2 is 2.06 bits per heavy atom. The number of nitrogens with one attached hydrogen (secondary N) is 2. The third-order valence-electron chi connectivity index (χ3n) is 3.62. The van der Waals surface area contributed by atoms with E-state index in [1.54, 1.807) is 6.07 Å². The highest BCUT2D eigenvalue weighted by atomic mass is 19.1. The molecule has 1 aromatic heterocycles. The lowest BCUT2D eigenvalue weighted by Gasteiger charge is -2.19. The largest absolute Gasteiger partial charge is 0.341 e. The first-order valence-corrected chi connectivity index (χ1v) is 6.72. The van der Waals surface area contributed by atoms with Gasteiger partial charge in [0.2, 0.25) is 0 Å². The highest BCUT2D eigenvalue weighted by molar-refractivity contribution is 5.75. The summed E-state index contributed by atoms with van der Waals surface area (Å²) in [7, 11) is 0. The summed E-state index contributed by atoms with van der Waals surface area (Å²) < 4.78 is 13.6. The molecule has 0 aliphatic carbocycles. The number of hydrogen-bond donors (Lipinski definition) is 2. The summed E-state index contributed by atoms with van der Waals surface area (Å²) in [5, 5.41) is 3.50. The van der Waals surface area contributed by atoms with Crippen LogP contribution in [0.1, 0.15) is 44.0 Å². The smallest absolute Gasteiger partial charge is 0.151 e. The van der Waals surface area contributed by atoms with Crippen LogP contribution >= 0.6 is 0 Å². The standard InChI is InChI=1S/C14H18FN3/c15-10-6-5-8-11-13(10)18-14(17-11)12-7-3-1-2-4-9-16-12/h5-6,8,12,16H,1-4,7,9H2,(H,17,18). The van der Waals surface area contributed by atoms with Gasteiger partial charge in [0.05, 0.1) is 11.6 Å². The van der Waals surface area contributed by atoms with Crippen molar-refractivity contribution in [1.29, 1.82) is 0 Å². The van der Waals surface area contributed by atoms with Gasteiger partial charge in [-0.3, -0.25) is 0 Å². The SMILES string of the molecule is Fc1cccc2[nH]c(C3CCCCCCN3)nc12. The molecule has 96 valence electrons. The summed E-state index contributed by atoms with van der Waals surface area (Å²) >= 11 is 0. The van der Waals surface area contributed by atoms with Gasteiger partial charge in [-0.25, -0.2) is 9.37 Å². The maximum absolute atomic E-state index is 13.6. The first-order valence-electron chi connectivity index (χ1n) is 6.72. The minimum absolute atomic E-state index is 0.233. The summed E-state index contributed by atoms with van der Waals surface area (Å²) in [5.41, 5.74) is 1.24. The molecule has 0 radical (unpaired) electrons. The monoisotopic (exact) mass is 247 g/mol. The summed E-state index contributed by atoms with van der Waals surface area (Å²) in [6.45, 7) is 1.02. The van der Waals surface area contributed by atoms with Crippen LogP contribution in [-0.2, 0) is 0 Å². The highest BCUT2D eigenvalue weighted by Gasteiger charge is 2.17. The van der Waals surface area contributed by atoms with E-state index in [9.17, 15) is 4.39 Å². The molecular weight excluding hydrogens is 229 g/mol. The summed E-state index contributed by atoms with van der Waals surface area (Å²) in [6.07, 6.45) is 6.07. The maximum Gasteiger partial charge on any atom is 0.151 e. The van der Waals surface area contributed by atoms with Crippen molar-refractivity contribution < 1.29 is 4.39 Å². The van der Waals surface area contributed by atoms with Gasteiger partial charge in [-0.15, -0.1) is 0 Å². The van der Waals surface area contributed by atoms with Gasteiger partial charge < -0.3 is 10.3 Å². The zero-order valence-corrected chi connectivity index (χ0v) is 10.4. The normalized spacial score (nSPS) is 21.7. The number of nitrogens with zero attached hydrogens (tertiary/aromatic N) is 1. The van der Waals surface area contributed by atoms with E-state index in [4.69, 9.17) is 0 Å². The van der Waals surface area contributed by atoms with Crippen LogP contribution in [0.15, 0.2) is 18.2 Å². The number of hydrogen-bond acceptors (Lipinski definition) is 2. The Kier molecular flexibility index (Phi) is 3.28. The van der Waals surface area contributed by atoms with Crippen LogP contribution < -0.4 is 5.32 Å². The van der Waals surface area contributed by atoms with Gasteiger partial charge in [-0.05, 0) is 31.5 Å². The number of fused-ring (bicyclic) bond motifs is 1. The van der Waals surface area contributed by atoms with Gasteiger partial charge in [0.1, 0.15) is 11.3 Å². The molecule has 1 atom stereocenters. The lowest BCUT2D eigenvalue weighted by Crippen LogP contribution is -2.24. The first kappa shape index (κ1) is 11.7.